The predicted molar refractivity (Wildman–Crippen MR) is 132 cm³/mol. The number of aromatic nitrogens is 5. The van der Waals surface area contributed by atoms with Crippen LogP contribution in [0.15, 0.2) is 59.8 Å². The second-order valence-electron chi connectivity index (χ2n) is 8.32. The van der Waals surface area contributed by atoms with Gasteiger partial charge in [0.05, 0.1) is 12.3 Å². The molecule has 0 saturated heterocycles. The SMILES string of the molecule is CNc1cc(Nc2cccn(-c3ccccn3)c2=O)nc2c(C(=O)NC3CC[C@H](OC)C3)cnn12. The van der Waals surface area contributed by atoms with E-state index in [4.69, 9.17) is 4.74 Å². The molecule has 2 atom stereocenters. The lowest BCUT2D eigenvalue weighted by Gasteiger charge is -2.13. The van der Waals surface area contributed by atoms with Crippen molar-refractivity contribution in [3.63, 3.8) is 0 Å². The average molecular weight is 475 g/mol. The van der Waals surface area contributed by atoms with Gasteiger partial charge < -0.3 is 20.7 Å². The lowest BCUT2D eigenvalue weighted by Crippen LogP contribution is -2.33. The van der Waals surface area contributed by atoms with Gasteiger partial charge in [-0.05, 0) is 43.5 Å². The number of nitrogens with one attached hydrogen (secondary N) is 3. The number of hydrogen-bond acceptors (Lipinski definition) is 8. The highest BCUT2D eigenvalue weighted by Crippen LogP contribution is 2.24. The first-order valence-electron chi connectivity index (χ1n) is 11.4. The molecule has 0 radical (unpaired) electrons. The van der Waals surface area contributed by atoms with E-state index in [2.05, 4.69) is 31.0 Å². The Morgan fingerprint density at radius 1 is 1.20 bits per heavy atom. The normalized spacial score (nSPS) is 17.4. The molecule has 1 unspecified atom stereocenters. The number of pyridine rings is 2. The highest BCUT2D eigenvalue weighted by Gasteiger charge is 2.27. The Balaban J connectivity index is 1.46. The van der Waals surface area contributed by atoms with E-state index in [1.165, 1.54) is 10.8 Å². The van der Waals surface area contributed by atoms with Gasteiger partial charge in [0.25, 0.3) is 11.5 Å². The highest BCUT2D eigenvalue weighted by atomic mass is 16.5. The molecule has 4 aromatic heterocycles. The van der Waals surface area contributed by atoms with Gasteiger partial charge in [0.2, 0.25) is 0 Å². The number of anilines is 3. The minimum Gasteiger partial charge on any atom is -0.381 e. The van der Waals surface area contributed by atoms with Gasteiger partial charge in [-0.15, -0.1) is 0 Å². The van der Waals surface area contributed by atoms with E-state index in [0.717, 1.165) is 19.3 Å². The number of carbonyl (C=O) groups excluding carboxylic acids is 1. The molecule has 0 spiro atoms. The molecule has 0 aromatic carbocycles. The summed E-state index contributed by atoms with van der Waals surface area (Å²) < 4.78 is 8.42. The first-order chi connectivity index (χ1) is 17.1. The molecule has 0 bridgehead atoms. The average Bonchev–Trinajstić information content (AvgIpc) is 3.52. The molecule has 180 valence electrons. The third-order valence-electron chi connectivity index (χ3n) is 6.13. The van der Waals surface area contributed by atoms with E-state index < -0.39 is 0 Å². The van der Waals surface area contributed by atoms with Gasteiger partial charge in [-0.1, -0.05) is 6.07 Å². The van der Waals surface area contributed by atoms with Crippen LogP contribution >= 0.6 is 0 Å². The molecule has 4 aromatic rings. The largest absolute Gasteiger partial charge is 0.381 e. The van der Waals surface area contributed by atoms with Gasteiger partial charge in [-0.25, -0.2) is 9.97 Å². The van der Waals surface area contributed by atoms with Crippen LogP contribution in [0.5, 0.6) is 0 Å². The zero-order valence-electron chi connectivity index (χ0n) is 19.4. The Morgan fingerprint density at radius 2 is 2.09 bits per heavy atom. The Hall–Kier alpha value is -4.25. The van der Waals surface area contributed by atoms with Crippen LogP contribution in [-0.2, 0) is 4.74 Å². The fraction of sp³-hybridized carbons (Fsp3) is 0.292. The standard InChI is InChI=1S/C24H26N8O3/c1-25-21-13-19(29-18-6-5-11-31(24(18)34)20-7-3-4-10-26-20)30-22-17(14-27-32(21)22)23(33)28-15-8-9-16(12-15)35-2/h3-7,10-11,13-16,25H,8-9,12H2,1-2H3,(H,28,33)(H,29,30)/t15?,16-/m0/s1. The van der Waals surface area contributed by atoms with E-state index in [1.807, 2.05) is 6.07 Å². The monoisotopic (exact) mass is 474 g/mol. The maximum absolute atomic E-state index is 13.1. The summed E-state index contributed by atoms with van der Waals surface area (Å²) in [4.78, 5) is 35.0. The van der Waals surface area contributed by atoms with Crippen LogP contribution in [0.25, 0.3) is 11.5 Å². The molecule has 1 aliphatic carbocycles. The van der Waals surface area contributed by atoms with E-state index >= 15 is 0 Å². The van der Waals surface area contributed by atoms with Crippen molar-refractivity contribution in [1.82, 2.24) is 29.5 Å². The Bertz CT molecular complexity index is 1420. The number of carbonyl (C=O) groups is 1. The minimum atomic E-state index is -0.278. The molecule has 3 N–H and O–H groups in total. The van der Waals surface area contributed by atoms with E-state index in [0.29, 0.717) is 34.4 Å². The fourth-order valence-corrected chi connectivity index (χ4v) is 4.32. The van der Waals surface area contributed by atoms with Gasteiger partial charge >= 0.3 is 0 Å². The third kappa shape index (κ3) is 4.45. The number of amides is 1. The summed E-state index contributed by atoms with van der Waals surface area (Å²) in [5, 5.41) is 13.6. The van der Waals surface area contributed by atoms with Crippen molar-refractivity contribution in [2.75, 3.05) is 24.8 Å². The lowest BCUT2D eigenvalue weighted by atomic mass is 10.2. The minimum absolute atomic E-state index is 0.0434. The van der Waals surface area contributed by atoms with Crippen molar-refractivity contribution >= 4 is 28.9 Å². The van der Waals surface area contributed by atoms with Gasteiger partial charge in [0.1, 0.15) is 28.7 Å². The van der Waals surface area contributed by atoms with Crippen LogP contribution in [0.4, 0.5) is 17.3 Å². The molecule has 1 amide bonds. The van der Waals surface area contributed by atoms with Crippen molar-refractivity contribution in [1.29, 1.82) is 0 Å². The molecular weight excluding hydrogens is 448 g/mol. The van der Waals surface area contributed by atoms with Crippen LogP contribution in [0, 0.1) is 0 Å². The third-order valence-corrected chi connectivity index (χ3v) is 6.13. The zero-order chi connectivity index (χ0) is 24.4. The van der Waals surface area contributed by atoms with Crippen LogP contribution in [0.2, 0.25) is 0 Å². The molecule has 1 aliphatic rings. The van der Waals surface area contributed by atoms with Gasteiger partial charge in [0.15, 0.2) is 5.65 Å². The second-order valence-corrected chi connectivity index (χ2v) is 8.32. The van der Waals surface area contributed by atoms with Crippen LogP contribution in [0.3, 0.4) is 0 Å². The van der Waals surface area contributed by atoms with Crippen LogP contribution in [-0.4, -0.2) is 56.4 Å². The molecule has 11 heteroatoms. The molecular formula is C24H26N8O3. The zero-order valence-corrected chi connectivity index (χ0v) is 19.4. The van der Waals surface area contributed by atoms with Crippen molar-refractivity contribution in [2.45, 2.75) is 31.4 Å². The predicted octanol–water partition coefficient (Wildman–Crippen LogP) is 2.36. The molecule has 1 saturated carbocycles. The summed E-state index contributed by atoms with van der Waals surface area (Å²) in [5.74, 6) is 1.27. The van der Waals surface area contributed by atoms with Crippen LogP contribution < -0.4 is 21.5 Å². The maximum atomic E-state index is 13.1. The van der Waals surface area contributed by atoms with Crippen molar-refractivity contribution in [3.05, 3.63) is 70.9 Å². The summed E-state index contributed by atoms with van der Waals surface area (Å²) in [6.45, 7) is 0. The second kappa shape index (κ2) is 9.55. The Kier molecular flexibility index (Phi) is 6.15. The highest BCUT2D eigenvalue weighted by molar-refractivity contribution is 6.00. The summed E-state index contributed by atoms with van der Waals surface area (Å²) in [7, 11) is 3.44. The maximum Gasteiger partial charge on any atom is 0.279 e. The Morgan fingerprint density at radius 3 is 2.83 bits per heavy atom. The summed E-state index contributed by atoms with van der Waals surface area (Å²) in [6, 6.07) is 10.5. The number of fused-ring (bicyclic) bond motifs is 1. The summed E-state index contributed by atoms with van der Waals surface area (Å²) >= 11 is 0. The lowest BCUT2D eigenvalue weighted by molar-refractivity contribution is 0.0916. The number of hydrogen-bond donors (Lipinski definition) is 3. The van der Waals surface area contributed by atoms with Gasteiger partial charge in [-0.3, -0.25) is 14.2 Å². The quantitative estimate of drug-likeness (QED) is 0.373. The number of rotatable bonds is 7. The molecule has 1 fully saturated rings. The van der Waals surface area contributed by atoms with Crippen LogP contribution in [0.1, 0.15) is 29.6 Å². The molecule has 11 nitrogen and oxygen atoms in total. The molecule has 0 aliphatic heterocycles. The van der Waals surface area contributed by atoms with Crippen molar-refractivity contribution < 1.29 is 9.53 Å². The topological polar surface area (TPSA) is 127 Å². The van der Waals surface area contributed by atoms with Crippen molar-refractivity contribution in [2.24, 2.45) is 0 Å². The summed E-state index contributed by atoms with van der Waals surface area (Å²) in [6.07, 6.45) is 7.50. The molecule has 5 rings (SSSR count). The summed E-state index contributed by atoms with van der Waals surface area (Å²) in [5.41, 5.74) is 0.766. The molecule has 4 heterocycles. The van der Waals surface area contributed by atoms with Gasteiger partial charge in [0, 0.05) is 38.7 Å². The van der Waals surface area contributed by atoms with Gasteiger partial charge in [-0.2, -0.15) is 9.61 Å². The molecule has 35 heavy (non-hydrogen) atoms. The first kappa shape index (κ1) is 22.5. The van der Waals surface area contributed by atoms with E-state index in [-0.39, 0.29) is 23.6 Å². The van der Waals surface area contributed by atoms with E-state index in [9.17, 15) is 9.59 Å². The Labute approximate surface area is 201 Å². The van der Waals surface area contributed by atoms with Crippen molar-refractivity contribution in [3.8, 4) is 5.82 Å². The smallest absolute Gasteiger partial charge is 0.279 e. The first-order valence-corrected chi connectivity index (χ1v) is 11.4. The fourth-order valence-electron chi connectivity index (χ4n) is 4.32. The number of nitrogens with zero attached hydrogens (tertiary/aromatic N) is 5. The number of methoxy groups -OCH3 is 1. The van der Waals surface area contributed by atoms with E-state index in [1.54, 1.807) is 61.4 Å². The number of ether oxygens (including phenoxy) is 1.